The van der Waals surface area contributed by atoms with Gasteiger partial charge in [-0.2, -0.15) is 16.9 Å². The van der Waals surface area contributed by atoms with Crippen molar-refractivity contribution in [3.8, 4) is 0 Å². The van der Waals surface area contributed by atoms with Gasteiger partial charge in [-0.15, -0.1) is 0 Å². The Kier molecular flexibility index (Phi) is 4.24. The monoisotopic (exact) mass is 302 g/mol. The van der Waals surface area contributed by atoms with E-state index in [0.717, 1.165) is 29.1 Å². The Morgan fingerprint density at radius 3 is 3.14 bits per heavy atom. The number of rotatable bonds is 5. The summed E-state index contributed by atoms with van der Waals surface area (Å²) in [6.07, 6.45) is 9.14. The fourth-order valence-electron chi connectivity index (χ4n) is 2.65. The molecule has 0 spiro atoms. The van der Waals surface area contributed by atoms with Gasteiger partial charge < -0.3 is 5.32 Å². The molecule has 1 N–H and O–H groups in total. The Labute approximate surface area is 128 Å². The third-order valence-electron chi connectivity index (χ3n) is 3.72. The predicted molar refractivity (Wildman–Crippen MR) is 84.6 cm³/mol. The van der Waals surface area contributed by atoms with E-state index in [1.807, 2.05) is 41.0 Å². The predicted octanol–water partition coefficient (Wildman–Crippen LogP) is 2.51. The van der Waals surface area contributed by atoms with Gasteiger partial charge in [0.25, 0.3) is 0 Å². The number of nitrogens with one attached hydrogen (secondary N) is 1. The second-order valence-electron chi connectivity index (χ2n) is 5.20. The van der Waals surface area contributed by atoms with Gasteiger partial charge in [0, 0.05) is 24.4 Å². The summed E-state index contributed by atoms with van der Waals surface area (Å²) in [4.78, 5) is 16.0. The van der Waals surface area contributed by atoms with Gasteiger partial charge >= 0.3 is 0 Å². The first-order valence-corrected chi connectivity index (χ1v) is 8.40. The number of anilines is 1. The molecule has 1 aliphatic rings. The molecule has 0 aromatic carbocycles. The summed E-state index contributed by atoms with van der Waals surface area (Å²) in [5.74, 6) is 2.28. The van der Waals surface area contributed by atoms with E-state index in [1.54, 1.807) is 6.20 Å². The number of pyridine rings is 1. The number of hydrogen-bond acceptors (Lipinski definition) is 4. The lowest BCUT2D eigenvalue weighted by Crippen LogP contribution is -2.24. The summed E-state index contributed by atoms with van der Waals surface area (Å²) in [6, 6.07) is 3.92. The number of carbonyl (C=O) groups is 1. The second-order valence-corrected chi connectivity index (χ2v) is 6.18. The molecule has 0 radical (unpaired) electrons. The Hall–Kier alpha value is -1.82. The normalized spacial score (nSPS) is 17.4. The van der Waals surface area contributed by atoms with Crippen LogP contribution in [0.2, 0.25) is 0 Å². The van der Waals surface area contributed by atoms with E-state index >= 15 is 0 Å². The number of fused-ring (bicyclic) bond motifs is 1. The topological polar surface area (TPSA) is 59.8 Å². The van der Waals surface area contributed by atoms with E-state index < -0.39 is 0 Å². The second kappa shape index (κ2) is 6.30. The molecule has 21 heavy (non-hydrogen) atoms. The van der Waals surface area contributed by atoms with Gasteiger partial charge in [0.05, 0.1) is 12.7 Å². The Balaban J connectivity index is 1.85. The molecule has 1 atom stereocenters. The van der Waals surface area contributed by atoms with Crippen LogP contribution in [0.1, 0.15) is 29.9 Å². The summed E-state index contributed by atoms with van der Waals surface area (Å²) in [6.45, 7) is 0.624. The molecule has 0 unspecified atom stereocenters. The highest BCUT2D eigenvalue weighted by molar-refractivity contribution is 7.98. The van der Waals surface area contributed by atoms with Crippen molar-refractivity contribution in [2.75, 3.05) is 17.3 Å². The lowest BCUT2D eigenvalue weighted by Gasteiger charge is -2.23. The average molecular weight is 302 g/mol. The van der Waals surface area contributed by atoms with Crippen LogP contribution in [0.15, 0.2) is 30.7 Å². The zero-order valence-electron chi connectivity index (χ0n) is 12.0. The van der Waals surface area contributed by atoms with Crippen molar-refractivity contribution in [2.45, 2.75) is 25.3 Å². The van der Waals surface area contributed by atoms with Crippen molar-refractivity contribution in [2.24, 2.45) is 0 Å². The highest BCUT2D eigenvalue weighted by Gasteiger charge is 2.28. The van der Waals surface area contributed by atoms with Gasteiger partial charge in [-0.3, -0.25) is 9.78 Å². The zero-order chi connectivity index (χ0) is 14.7. The fourth-order valence-corrected chi connectivity index (χ4v) is 3.17. The molecular weight excluding hydrogens is 284 g/mol. The molecule has 0 aliphatic carbocycles. The lowest BCUT2D eigenvalue weighted by molar-refractivity contribution is -0.116. The number of nitrogens with zero attached hydrogens (tertiary/aromatic N) is 3. The van der Waals surface area contributed by atoms with Gasteiger partial charge in [0.15, 0.2) is 0 Å². The minimum atomic E-state index is 0.0848. The van der Waals surface area contributed by atoms with Gasteiger partial charge in [-0.05, 0) is 36.0 Å². The van der Waals surface area contributed by atoms with Crippen LogP contribution in [0, 0.1) is 0 Å². The van der Waals surface area contributed by atoms with Crippen LogP contribution in [0.5, 0.6) is 0 Å². The maximum absolute atomic E-state index is 11.9. The first-order chi connectivity index (χ1) is 10.3. The summed E-state index contributed by atoms with van der Waals surface area (Å²) in [5.41, 5.74) is 2.23. The maximum atomic E-state index is 11.9. The molecule has 5 nitrogen and oxygen atoms in total. The van der Waals surface area contributed by atoms with Crippen molar-refractivity contribution >= 4 is 23.5 Å². The molecule has 1 amide bonds. The molecule has 0 saturated heterocycles. The number of aromatic nitrogens is 3. The van der Waals surface area contributed by atoms with E-state index in [1.165, 1.54) is 0 Å². The SMILES string of the molecule is CSCC[C@@H]1CC(=O)Nc2c1cnn2Cc1cccnc1. The third-order valence-corrected chi connectivity index (χ3v) is 4.37. The molecule has 3 heterocycles. The molecular formula is C15H18N4OS. The van der Waals surface area contributed by atoms with Gasteiger partial charge in [-0.25, -0.2) is 4.68 Å². The third kappa shape index (κ3) is 3.10. The Morgan fingerprint density at radius 1 is 1.48 bits per heavy atom. The highest BCUT2D eigenvalue weighted by Crippen LogP contribution is 2.35. The molecule has 0 saturated carbocycles. The minimum Gasteiger partial charge on any atom is -0.311 e. The van der Waals surface area contributed by atoms with Crippen molar-refractivity contribution in [3.05, 3.63) is 41.9 Å². The zero-order valence-corrected chi connectivity index (χ0v) is 12.8. The summed E-state index contributed by atoms with van der Waals surface area (Å²) >= 11 is 1.81. The number of carbonyl (C=O) groups excluding carboxylic acids is 1. The quantitative estimate of drug-likeness (QED) is 0.922. The number of hydrogen-bond donors (Lipinski definition) is 1. The summed E-state index contributed by atoms with van der Waals surface area (Å²) < 4.78 is 1.86. The van der Waals surface area contributed by atoms with Crippen LogP contribution >= 0.6 is 11.8 Å². The molecule has 2 aromatic rings. The van der Waals surface area contributed by atoms with E-state index in [-0.39, 0.29) is 11.8 Å². The molecule has 110 valence electrons. The van der Waals surface area contributed by atoms with E-state index in [9.17, 15) is 4.79 Å². The molecule has 0 fully saturated rings. The van der Waals surface area contributed by atoms with E-state index in [2.05, 4.69) is 21.7 Å². The van der Waals surface area contributed by atoms with Crippen LogP contribution in [0.3, 0.4) is 0 Å². The van der Waals surface area contributed by atoms with Crippen LogP contribution in [0.4, 0.5) is 5.82 Å². The van der Waals surface area contributed by atoms with Crippen LogP contribution in [-0.2, 0) is 11.3 Å². The standard InChI is InChI=1S/C15H18N4OS/c1-21-6-4-12-7-14(20)18-15-13(12)9-17-19(15)10-11-3-2-5-16-8-11/h2-3,5,8-9,12H,4,6-7,10H2,1H3,(H,18,20)/t12-/m1/s1. The van der Waals surface area contributed by atoms with Crippen LogP contribution < -0.4 is 5.32 Å². The van der Waals surface area contributed by atoms with E-state index in [0.29, 0.717) is 13.0 Å². The highest BCUT2D eigenvalue weighted by atomic mass is 32.2. The minimum absolute atomic E-state index is 0.0848. The van der Waals surface area contributed by atoms with Crippen molar-refractivity contribution in [1.82, 2.24) is 14.8 Å². The number of thioether (sulfide) groups is 1. The van der Waals surface area contributed by atoms with Gasteiger partial charge in [0.2, 0.25) is 5.91 Å². The first-order valence-electron chi connectivity index (χ1n) is 7.01. The first kappa shape index (κ1) is 14.1. The van der Waals surface area contributed by atoms with Gasteiger partial charge in [-0.1, -0.05) is 6.07 Å². The van der Waals surface area contributed by atoms with Crippen molar-refractivity contribution in [1.29, 1.82) is 0 Å². The Morgan fingerprint density at radius 2 is 2.38 bits per heavy atom. The average Bonchev–Trinajstić information content (AvgIpc) is 2.89. The maximum Gasteiger partial charge on any atom is 0.226 e. The summed E-state index contributed by atoms with van der Waals surface area (Å²) in [7, 11) is 0. The molecule has 6 heteroatoms. The van der Waals surface area contributed by atoms with Crippen LogP contribution in [0.25, 0.3) is 0 Å². The van der Waals surface area contributed by atoms with Crippen molar-refractivity contribution < 1.29 is 4.79 Å². The van der Waals surface area contributed by atoms with E-state index in [4.69, 9.17) is 0 Å². The smallest absolute Gasteiger partial charge is 0.226 e. The molecule has 1 aliphatic heterocycles. The Bertz CT molecular complexity index is 626. The molecule has 0 bridgehead atoms. The largest absolute Gasteiger partial charge is 0.311 e. The van der Waals surface area contributed by atoms with Gasteiger partial charge in [0.1, 0.15) is 5.82 Å². The molecule has 3 rings (SSSR count). The number of amides is 1. The van der Waals surface area contributed by atoms with Crippen molar-refractivity contribution in [3.63, 3.8) is 0 Å². The summed E-state index contributed by atoms with van der Waals surface area (Å²) in [5, 5.41) is 7.42. The molecule has 2 aromatic heterocycles. The van der Waals surface area contributed by atoms with Crippen LogP contribution in [-0.4, -0.2) is 32.7 Å². The fraction of sp³-hybridized carbons (Fsp3) is 0.400. The lowest BCUT2D eigenvalue weighted by atomic mass is 9.92.